The maximum absolute atomic E-state index is 4.15. The molecule has 0 saturated carbocycles. The molecule has 2 nitrogen and oxygen atoms in total. The summed E-state index contributed by atoms with van der Waals surface area (Å²) >= 11 is 0. The van der Waals surface area contributed by atoms with Crippen molar-refractivity contribution in [1.82, 2.24) is 4.98 Å². The van der Waals surface area contributed by atoms with Gasteiger partial charge in [0.25, 0.3) is 6.33 Å². The molecule has 0 amide bonds. The number of fused-ring (bicyclic) bond motifs is 1. The van der Waals surface area contributed by atoms with Crippen LogP contribution in [-0.2, 0) is 6.54 Å². The highest BCUT2D eigenvalue weighted by molar-refractivity contribution is 5.73. The first kappa shape index (κ1) is 7.92. The van der Waals surface area contributed by atoms with Crippen molar-refractivity contribution in [1.29, 1.82) is 0 Å². The number of nitrogens with zero attached hydrogens (tertiary/aromatic N) is 2. The molecule has 2 heteroatoms. The molecule has 1 aromatic heterocycles. The zero-order valence-corrected chi connectivity index (χ0v) is 7.35. The monoisotopic (exact) mass is 171 g/mol. The minimum absolute atomic E-state index is 0.800. The lowest BCUT2D eigenvalue weighted by atomic mass is 10.2. The molecule has 64 valence electrons. The van der Waals surface area contributed by atoms with Crippen molar-refractivity contribution in [3.63, 3.8) is 0 Å². The van der Waals surface area contributed by atoms with Gasteiger partial charge in [0.15, 0.2) is 6.20 Å². The average Bonchev–Trinajstić information content (AvgIpc) is 2.19. The highest BCUT2D eigenvalue weighted by Crippen LogP contribution is 2.05. The van der Waals surface area contributed by atoms with Crippen LogP contribution in [0.25, 0.3) is 10.9 Å². The van der Waals surface area contributed by atoms with Crippen LogP contribution in [0.1, 0.15) is 0 Å². The van der Waals surface area contributed by atoms with Gasteiger partial charge in [0.1, 0.15) is 12.1 Å². The predicted molar refractivity (Wildman–Crippen MR) is 52.1 cm³/mol. The van der Waals surface area contributed by atoms with Crippen molar-refractivity contribution in [2.75, 3.05) is 0 Å². The molecule has 0 unspecified atom stereocenters. The Balaban J connectivity index is 2.68. The number of benzene rings is 1. The third-order valence-corrected chi connectivity index (χ3v) is 1.99. The van der Waals surface area contributed by atoms with Crippen LogP contribution < -0.4 is 4.57 Å². The Hall–Kier alpha value is -1.70. The molecule has 1 heterocycles. The fourth-order valence-electron chi connectivity index (χ4n) is 1.40. The zero-order valence-electron chi connectivity index (χ0n) is 7.35. The van der Waals surface area contributed by atoms with Crippen LogP contribution in [0.3, 0.4) is 0 Å². The molecule has 0 fully saturated rings. The van der Waals surface area contributed by atoms with Crippen LogP contribution in [0.4, 0.5) is 0 Å². The topological polar surface area (TPSA) is 16.8 Å². The van der Waals surface area contributed by atoms with Gasteiger partial charge in [-0.3, -0.25) is 0 Å². The number of hydrogen-bond donors (Lipinski definition) is 0. The van der Waals surface area contributed by atoms with Crippen LogP contribution in [0.15, 0.2) is 49.4 Å². The fourth-order valence-corrected chi connectivity index (χ4v) is 1.40. The first-order valence-corrected chi connectivity index (χ1v) is 4.25. The van der Waals surface area contributed by atoms with Gasteiger partial charge in [0.2, 0.25) is 0 Å². The standard InChI is InChI=1S/C11H11N2/c1-2-7-13-9-12-8-10-5-3-4-6-11(10)13/h2-6,8-9H,1,7H2/q+1. The molecule has 0 N–H and O–H groups in total. The Kier molecular flexibility index (Phi) is 2.04. The van der Waals surface area contributed by atoms with Crippen molar-refractivity contribution in [2.24, 2.45) is 0 Å². The molecular formula is C11H11N2+. The quantitative estimate of drug-likeness (QED) is 0.496. The second kappa shape index (κ2) is 3.35. The lowest BCUT2D eigenvalue weighted by molar-refractivity contribution is -0.663. The summed E-state index contributed by atoms with van der Waals surface area (Å²) in [4.78, 5) is 4.15. The summed E-state index contributed by atoms with van der Waals surface area (Å²) in [6.07, 6.45) is 5.56. The minimum atomic E-state index is 0.800. The molecule has 2 aromatic rings. The first-order valence-electron chi connectivity index (χ1n) is 4.25. The third kappa shape index (κ3) is 1.43. The van der Waals surface area contributed by atoms with Gasteiger partial charge in [-0.05, 0) is 12.1 Å². The molecule has 0 saturated heterocycles. The number of allylic oxidation sites excluding steroid dienone is 1. The molecule has 13 heavy (non-hydrogen) atoms. The van der Waals surface area contributed by atoms with E-state index in [4.69, 9.17) is 0 Å². The van der Waals surface area contributed by atoms with Crippen LogP contribution in [0, 0.1) is 0 Å². The Morgan fingerprint density at radius 2 is 2.23 bits per heavy atom. The van der Waals surface area contributed by atoms with E-state index in [1.165, 1.54) is 5.52 Å². The third-order valence-electron chi connectivity index (χ3n) is 1.99. The maximum atomic E-state index is 4.15. The van der Waals surface area contributed by atoms with E-state index in [0.717, 1.165) is 11.9 Å². The largest absolute Gasteiger partial charge is 0.286 e. The minimum Gasteiger partial charge on any atom is -0.226 e. The molecular weight excluding hydrogens is 160 g/mol. The van der Waals surface area contributed by atoms with Gasteiger partial charge in [-0.2, -0.15) is 0 Å². The summed E-state index contributed by atoms with van der Waals surface area (Å²) in [6, 6.07) is 8.19. The summed E-state index contributed by atoms with van der Waals surface area (Å²) in [7, 11) is 0. The van der Waals surface area contributed by atoms with Crippen molar-refractivity contribution >= 4 is 10.9 Å². The van der Waals surface area contributed by atoms with E-state index < -0.39 is 0 Å². The van der Waals surface area contributed by atoms with E-state index in [9.17, 15) is 0 Å². The lowest BCUT2D eigenvalue weighted by Gasteiger charge is -1.98. The fraction of sp³-hybridized carbons (Fsp3) is 0.0909. The highest BCUT2D eigenvalue weighted by atomic mass is 15.0. The summed E-state index contributed by atoms with van der Waals surface area (Å²) in [5.41, 5.74) is 1.19. The maximum Gasteiger partial charge on any atom is 0.286 e. The Bertz CT molecular complexity index is 430. The van der Waals surface area contributed by atoms with Crippen molar-refractivity contribution in [2.45, 2.75) is 6.54 Å². The molecule has 0 bridgehead atoms. The summed E-state index contributed by atoms with van der Waals surface area (Å²) in [6.45, 7) is 4.51. The normalized spacial score (nSPS) is 10.2. The molecule has 2 rings (SSSR count). The molecule has 0 spiro atoms. The van der Waals surface area contributed by atoms with E-state index in [0.29, 0.717) is 0 Å². The van der Waals surface area contributed by atoms with Gasteiger partial charge >= 0.3 is 0 Å². The predicted octanol–water partition coefficient (Wildman–Crippen LogP) is 1.71. The van der Waals surface area contributed by atoms with E-state index in [1.54, 1.807) is 0 Å². The van der Waals surface area contributed by atoms with Crippen LogP contribution >= 0.6 is 0 Å². The van der Waals surface area contributed by atoms with E-state index >= 15 is 0 Å². The van der Waals surface area contributed by atoms with E-state index in [1.807, 2.05) is 30.7 Å². The van der Waals surface area contributed by atoms with Crippen LogP contribution in [0.5, 0.6) is 0 Å². The van der Waals surface area contributed by atoms with Gasteiger partial charge < -0.3 is 0 Å². The number of rotatable bonds is 2. The smallest absolute Gasteiger partial charge is 0.226 e. The summed E-state index contributed by atoms with van der Waals surface area (Å²) in [5, 5.41) is 1.16. The van der Waals surface area contributed by atoms with Gasteiger partial charge in [-0.15, -0.1) is 0 Å². The van der Waals surface area contributed by atoms with Crippen LogP contribution in [-0.4, -0.2) is 4.98 Å². The van der Waals surface area contributed by atoms with Gasteiger partial charge in [-0.1, -0.05) is 29.8 Å². The molecule has 0 aliphatic heterocycles. The second-order valence-corrected chi connectivity index (χ2v) is 2.89. The first-order chi connectivity index (χ1) is 6.42. The molecule has 1 aromatic carbocycles. The summed E-state index contributed by atoms with van der Waals surface area (Å²) in [5.74, 6) is 0. The molecule has 0 aliphatic rings. The van der Waals surface area contributed by atoms with Gasteiger partial charge in [0, 0.05) is 0 Å². The number of para-hydroxylation sites is 1. The van der Waals surface area contributed by atoms with Crippen molar-refractivity contribution < 1.29 is 4.57 Å². The van der Waals surface area contributed by atoms with Crippen molar-refractivity contribution in [3.8, 4) is 0 Å². The zero-order chi connectivity index (χ0) is 9.10. The Morgan fingerprint density at radius 3 is 3.08 bits per heavy atom. The SMILES string of the molecule is C=CC[n+]1cncc2ccccc21. The van der Waals surface area contributed by atoms with Crippen LogP contribution in [0.2, 0.25) is 0 Å². The second-order valence-electron chi connectivity index (χ2n) is 2.89. The lowest BCUT2D eigenvalue weighted by Crippen LogP contribution is -2.33. The van der Waals surface area contributed by atoms with Gasteiger partial charge in [-0.25, -0.2) is 4.57 Å². The average molecular weight is 171 g/mol. The van der Waals surface area contributed by atoms with E-state index in [2.05, 4.69) is 28.3 Å². The Labute approximate surface area is 77.2 Å². The molecule has 0 aliphatic carbocycles. The van der Waals surface area contributed by atoms with Crippen molar-refractivity contribution in [3.05, 3.63) is 49.4 Å². The van der Waals surface area contributed by atoms with Gasteiger partial charge in [0.05, 0.1) is 5.39 Å². The Morgan fingerprint density at radius 1 is 1.38 bits per heavy atom. The summed E-state index contributed by atoms with van der Waals surface area (Å²) < 4.78 is 2.07. The number of aromatic nitrogens is 2. The van der Waals surface area contributed by atoms with E-state index in [-0.39, 0.29) is 0 Å². The number of hydrogen-bond acceptors (Lipinski definition) is 1. The molecule has 0 atom stereocenters. The highest BCUT2D eigenvalue weighted by Gasteiger charge is 2.02. The molecule has 0 radical (unpaired) electrons.